The molecule has 0 radical (unpaired) electrons. The van der Waals surface area contributed by atoms with Crippen molar-refractivity contribution < 1.29 is 0 Å². The Bertz CT molecular complexity index is 231. The van der Waals surface area contributed by atoms with E-state index in [-0.39, 0.29) is 0 Å². The largest absolute Gasteiger partial charge is 0.315 e. The van der Waals surface area contributed by atoms with Gasteiger partial charge in [-0.15, -0.1) is 0 Å². The minimum Gasteiger partial charge on any atom is -0.315 e. The van der Waals surface area contributed by atoms with Crippen LogP contribution in [0.3, 0.4) is 0 Å². The van der Waals surface area contributed by atoms with Gasteiger partial charge in [-0.25, -0.2) is 0 Å². The molecule has 0 aliphatic heterocycles. The first-order valence-corrected chi connectivity index (χ1v) is 6.61. The Morgan fingerprint density at radius 3 is 2.62 bits per heavy atom. The number of aromatic nitrogens is 2. The quantitative estimate of drug-likeness (QED) is 0.618. The van der Waals surface area contributed by atoms with Gasteiger partial charge < -0.3 is 5.32 Å². The summed E-state index contributed by atoms with van der Waals surface area (Å²) >= 11 is 0. The highest BCUT2D eigenvalue weighted by atomic mass is 15.3. The number of nitrogens with one attached hydrogen (secondary N) is 1. The van der Waals surface area contributed by atoms with E-state index in [4.69, 9.17) is 0 Å². The number of hydrogen-bond acceptors (Lipinski definition) is 2. The second-order valence-electron chi connectivity index (χ2n) is 4.29. The molecule has 0 aliphatic rings. The molecule has 1 N–H and O–H groups in total. The molecular formula is C13H25N3. The molecule has 1 heterocycles. The van der Waals surface area contributed by atoms with Gasteiger partial charge in [-0.2, -0.15) is 5.10 Å². The number of rotatable bonds is 10. The fraction of sp³-hybridized carbons (Fsp3) is 0.769. The van der Waals surface area contributed by atoms with E-state index < -0.39 is 0 Å². The molecular weight excluding hydrogens is 198 g/mol. The van der Waals surface area contributed by atoms with E-state index in [1.807, 2.05) is 23.1 Å². The zero-order chi connectivity index (χ0) is 11.5. The first-order valence-electron chi connectivity index (χ1n) is 6.61. The summed E-state index contributed by atoms with van der Waals surface area (Å²) in [5.41, 5.74) is 0. The topological polar surface area (TPSA) is 29.9 Å². The second-order valence-corrected chi connectivity index (χ2v) is 4.29. The molecule has 16 heavy (non-hydrogen) atoms. The van der Waals surface area contributed by atoms with Gasteiger partial charge in [-0.3, -0.25) is 4.68 Å². The lowest BCUT2D eigenvalue weighted by atomic mass is 10.1. The van der Waals surface area contributed by atoms with Crippen LogP contribution in [0.4, 0.5) is 0 Å². The average Bonchev–Trinajstić information content (AvgIpc) is 2.80. The predicted octanol–water partition coefficient (Wildman–Crippen LogP) is 2.83. The van der Waals surface area contributed by atoms with Crippen molar-refractivity contribution in [2.75, 3.05) is 13.1 Å². The van der Waals surface area contributed by atoms with Crippen LogP contribution in [-0.4, -0.2) is 22.9 Å². The van der Waals surface area contributed by atoms with Gasteiger partial charge in [0.15, 0.2) is 0 Å². The highest BCUT2D eigenvalue weighted by molar-refractivity contribution is 4.77. The molecule has 1 aromatic heterocycles. The Labute approximate surface area is 99.2 Å². The maximum Gasteiger partial charge on any atom is 0.0533 e. The Morgan fingerprint density at radius 2 is 1.88 bits per heavy atom. The minimum absolute atomic E-state index is 0.975. The molecule has 1 rings (SSSR count). The highest BCUT2D eigenvalue weighted by Gasteiger charge is 1.92. The van der Waals surface area contributed by atoms with Crippen LogP contribution in [0.25, 0.3) is 0 Å². The van der Waals surface area contributed by atoms with E-state index in [9.17, 15) is 0 Å². The van der Waals surface area contributed by atoms with Crippen molar-refractivity contribution in [1.82, 2.24) is 15.1 Å². The molecule has 0 fully saturated rings. The Balaban J connectivity index is 1.78. The molecule has 0 aromatic carbocycles. The fourth-order valence-corrected chi connectivity index (χ4v) is 1.78. The van der Waals surface area contributed by atoms with Crippen LogP contribution in [0.2, 0.25) is 0 Å². The summed E-state index contributed by atoms with van der Waals surface area (Å²) in [6.07, 6.45) is 12.0. The Hall–Kier alpha value is -0.830. The van der Waals surface area contributed by atoms with Gasteiger partial charge in [0.1, 0.15) is 0 Å². The first kappa shape index (κ1) is 13.2. The molecule has 1 aromatic rings. The fourth-order valence-electron chi connectivity index (χ4n) is 1.78. The minimum atomic E-state index is 0.975. The van der Waals surface area contributed by atoms with Gasteiger partial charge >= 0.3 is 0 Å². The summed E-state index contributed by atoms with van der Waals surface area (Å²) in [6, 6.07) is 1.97. The molecule has 0 saturated carbocycles. The van der Waals surface area contributed by atoms with Crippen molar-refractivity contribution >= 4 is 0 Å². The van der Waals surface area contributed by atoms with Crippen LogP contribution in [-0.2, 0) is 6.54 Å². The summed E-state index contributed by atoms with van der Waals surface area (Å²) in [5, 5.41) is 7.61. The molecule has 92 valence electrons. The van der Waals surface area contributed by atoms with Crippen LogP contribution in [0, 0.1) is 0 Å². The summed E-state index contributed by atoms with van der Waals surface area (Å²) in [6.45, 7) is 5.41. The molecule has 0 amide bonds. The number of hydrogen-bond donors (Lipinski definition) is 1. The van der Waals surface area contributed by atoms with Gasteiger partial charge in [0.2, 0.25) is 0 Å². The molecule has 0 saturated heterocycles. The molecule has 0 spiro atoms. The van der Waals surface area contributed by atoms with E-state index in [1.54, 1.807) is 0 Å². The van der Waals surface area contributed by atoms with E-state index in [1.165, 1.54) is 38.5 Å². The van der Waals surface area contributed by atoms with Crippen molar-refractivity contribution in [3.63, 3.8) is 0 Å². The van der Waals surface area contributed by atoms with Gasteiger partial charge in [-0.05, 0) is 19.0 Å². The Kier molecular flexibility index (Phi) is 7.78. The van der Waals surface area contributed by atoms with Crippen LogP contribution >= 0.6 is 0 Å². The van der Waals surface area contributed by atoms with Gasteiger partial charge in [0, 0.05) is 18.9 Å². The second kappa shape index (κ2) is 9.40. The van der Waals surface area contributed by atoms with Crippen molar-refractivity contribution in [2.24, 2.45) is 0 Å². The van der Waals surface area contributed by atoms with Crippen LogP contribution < -0.4 is 5.32 Å². The lowest BCUT2D eigenvalue weighted by Crippen LogP contribution is -2.21. The maximum absolute atomic E-state index is 4.16. The number of unbranched alkanes of at least 4 members (excludes halogenated alkanes) is 5. The molecule has 0 unspecified atom stereocenters. The molecule has 3 nitrogen and oxygen atoms in total. The van der Waals surface area contributed by atoms with E-state index >= 15 is 0 Å². The lowest BCUT2D eigenvalue weighted by molar-refractivity contribution is 0.529. The molecule has 0 bridgehead atoms. The zero-order valence-corrected chi connectivity index (χ0v) is 10.5. The third kappa shape index (κ3) is 6.62. The molecule has 0 aliphatic carbocycles. The summed E-state index contributed by atoms with van der Waals surface area (Å²) in [5.74, 6) is 0. The van der Waals surface area contributed by atoms with Crippen LogP contribution in [0.15, 0.2) is 18.5 Å². The monoisotopic (exact) mass is 223 g/mol. The van der Waals surface area contributed by atoms with Crippen molar-refractivity contribution in [2.45, 2.75) is 52.0 Å². The molecule has 0 atom stereocenters. The highest BCUT2D eigenvalue weighted by Crippen LogP contribution is 2.03. The predicted molar refractivity (Wildman–Crippen MR) is 68.5 cm³/mol. The maximum atomic E-state index is 4.16. The van der Waals surface area contributed by atoms with E-state index in [2.05, 4.69) is 17.3 Å². The van der Waals surface area contributed by atoms with Crippen molar-refractivity contribution in [3.8, 4) is 0 Å². The van der Waals surface area contributed by atoms with Crippen molar-refractivity contribution in [1.29, 1.82) is 0 Å². The summed E-state index contributed by atoms with van der Waals surface area (Å²) < 4.78 is 1.97. The summed E-state index contributed by atoms with van der Waals surface area (Å²) in [4.78, 5) is 0. The van der Waals surface area contributed by atoms with Gasteiger partial charge in [0.25, 0.3) is 0 Å². The number of nitrogens with zero attached hydrogens (tertiary/aromatic N) is 2. The smallest absolute Gasteiger partial charge is 0.0533 e. The first-order chi connectivity index (χ1) is 7.93. The van der Waals surface area contributed by atoms with Crippen LogP contribution in [0.1, 0.15) is 45.4 Å². The van der Waals surface area contributed by atoms with Crippen LogP contribution in [0.5, 0.6) is 0 Å². The zero-order valence-electron chi connectivity index (χ0n) is 10.5. The summed E-state index contributed by atoms with van der Waals surface area (Å²) in [7, 11) is 0. The lowest BCUT2D eigenvalue weighted by Gasteiger charge is -2.04. The average molecular weight is 223 g/mol. The van der Waals surface area contributed by atoms with Gasteiger partial charge in [-0.1, -0.05) is 39.0 Å². The normalized spacial score (nSPS) is 10.8. The molecule has 3 heteroatoms. The third-order valence-corrected chi connectivity index (χ3v) is 2.78. The van der Waals surface area contributed by atoms with Crippen molar-refractivity contribution in [3.05, 3.63) is 18.5 Å². The SMILES string of the molecule is CCCCCCCCNCCn1cccn1. The van der Waals surface area contributed by atoms with Gasteiger partial charge in [0.05, 0.1) is 6.54 Å². The standard InChI is InChI=1S/C13H25N3/c1-2-3-4-5-6-7-9-14-11-13-16-12-8-10-15-16/h8,10,12,14H,2-7,9,11,13H2,1H3. The Morgan fingerprint density at radius 1 is 1.06 bits per heavy atom. The van der Waals surface area contributed by atoms with E-state index in [0.717, 1.165) is 19.6 Å². The third-order valence-electron chi connectivity index (χ3n) is 2.78. The van der Waals surface area contributed by atoms with E-state index in [0.29, 0.717) is 0 Å².